The van der Waals surface area contributed by atoms with Crippen molar-refractivity contribution in [1.29, 1.82) is 5.26 Å². The van der Waals surface area contributed by atoms with Crippen LogP contribution in [-0.2, 0) is 9.53 Å². The van der Waals surface area contributed by atoms with Gasteiger partial charge < -0.3 is 29.6 Å². The van der Waals surface area contributed by atoms with Crippen molar-refractivity contribution in [3.8, 4) is 17.5 Å². The van der Waals surface area contributed by atoms with E-state index in [9.17, 15) is 25.1 Å². The highest BCUT2D eigenvalue weighted by molar-refractivity contribution is 5.92. The van der Waals surface area contributed by atoms with Crippen LogP contribution in [0.2, 0.25) is 0 Å². The second kappa shape index (κ2) is 10.8. The lowest BCUT2D eigenvalue weighted by molar-refractivity contribution is -0.124. The molecule has 0 bridgehead atoms. The van der Waals surface area contributed by atoms with Gasteiger partial charge in [0, 0.05) is 29.4 Å². The molecule has 3 atom stereocenters. The smallest absolute Gasteiger partial charge is 0.407 e. The Morgan fingerprint density at radius 3 is 2.61 bits per heavy atom. The Balaban J connectivity index is 1.38. The van der Waals surface area contributed by atoms with E-state index < -0.39 is 12.2 Å². The van der Waals surface area contributed by atoms with E-state index in [1.807, 2.05) is 20.8 Å². The fraction of sp³-hybridized carbons (Fsp3) is 0.429. The number of fused-ring (bicyclic) bond motifs is 1. The largest absolute Gasteiger partial charge is 0.465 e. The van der Waals surface area contributed by atoms with Gasteiger partial charge in [0.05, 0.1) is 23.8 Å². The maximum absolute atomic E-state index is 12.5. The Labute approximate surface area is 220 Å². The van der Waals surface area contributed by atoms with Crippen molar-refractivity contribution in [3.63, 3.8) is 0 Å². The average Bonchev–Trinajstić information content (AvgIpc) is 3.30. The molecule has 2 heterocycles. The molecule has 3 N–H and O–H groups in total. The number of likely N-dealkylation sites (tertiary alicyclic amines) is 1. The number of aliphatic hydroxyl groups is 1. The number of aliphatic hydroxyl groups excluding tert-OH is 1. The van der Waals surface area contributed by atoms with Crippen molar-refractivity contribution in [2.24, 2.45) is 5.41 Å². The molecule has 1 saturated heterocycles. The van der Waals surface area contributed by atoms with Gasteiger partial charge in [0.25, 0.3) is 0 Å². The molecule has 1 aromatic heterocycles. The number of anilines is 1. The molecular weight excluding hydrogens is 488 g/mol. The van der Waals surface area contributed by atoms with Crippen LogP contribution in [0.4, 0.5) is 10.5 Å². The van der Waals surface area contributed by atoms with Crippen LogP contribution < -0.4 is 5.32 Å². The number of aromatic nitrogens is 1. The van der Waals surface area contributed by atoms with Gasteiger partial charge in [-0.1, -0.05) is 20.8 Å². The van der Waals surface area contributed by atoms with Crippen LogP contribution in [0.3, 0.4) is 0 Å². The summed E-state index contributed by atoms with van der Waals surface area (Å²) >= 11 is 0. The first-order chi connectivity index (χ1) is 18.0. The van der Waals surface area contributed by atoms with Gasteiger partial charge in [-0.2, -0.15) is 5.26 Å². The lowest BCUT2D eigenvalue weighted by Crippen LogP contribution is -2.53. The summed E-state index contributed by atoms with van der Waals surface area (Å²) in [5.74, 6) is 0.0255. The van der Waals surface area contributed by atoms with Crippen LogP contribution in [0.15, 0.2) is 40.8 Å². The molecule has 0 radical (unpaired) electrons. The number of amides is 2. The number of hydrogen-bond acceptors (Lipinski definition) is 7. The summed E-state index contributed by atoms with van der Waals surface area (Å²) in [5, 5.41) is 31.7. The lowest BCUT2D eigenvalue weighted by Gasteiger charge is -2.44. The third kappa shape index (κ3) is 5.96. The molecule has 10 nitrogen and oxygen atoms in total. The first-order valence-electron chi connectivity index (χ1n) is 12.5. The average molecular weight is 521 g/mol. The zero-order valence-corrected chi connectivity index (χ0v) is 21.9. The van der Waals surface area contributed by atoms with Gasteiger partial charge >= 0.3 is 6.09 Å². The highest BCUT2D eigenvalue weighted by atomic mass is 16.5. The monoisotopic (exact) mass is 520 g/mol. The van der Waals surface area contributed by atoms with Crippen LogP contribution in [0.1, 0.15) is 57.8 Å². The maximum atomic E-state index is 12.5. The standard InChI is InChI=1S/C28H32N4O6/c1-16(33)21-11-17(14-29)12-22-25(21)38-26(31-22)18-5-7-19(8-6-18)30-24(34)15-37-20-9-10-32(27(35)36)23(13-20)28(2,3)4/h5-8,11-12,16,20,23,33H,9-10,13,15H2,1-4H3,(H,30,34)(H,35,36). The van der Waals surface area contributed by atoms with E-state index in [2.05, 4.69) is 16.4 Å². The number of carboxylic acid groups (broad SMARTS) is 1. The number of nitrogens with one attached hydrogen (secondary N) is 1. The predicted molar refractivity (Wildman–Crippen MR) is 140 cm³/mol. The number of hydrogen-bond donors (Lipinski definition) is 3. The fourth-order valence-corrected chi connectivity index (χ4v) is 4.78. The van der Waals surface area contributed by atoms with Gasteiger partial charge in [-0.25, -0.2) is 9.78 Å². The molecule has 0 spiro atoms. The second-order valence-electron chi connectivity index (χ2n) is 10.7. The van der Waals surface area contributed by atoms with E-state index in [0.717, 1.165) is 0 Å². The molecule has 1 fully saturated rings. The number of nitriles is 1. The van der Waals surface area contributed by atoms with Gasteiger partial charge in [0.1, 0.15) is 12.1 Å². The zero-order valence-electron chi connectivity index (χ0n) is 21.9. The van der Waals surface area contributed by atoms with Gasteiger partial charge in [0.2, 0.25) is 11.8 Å². The summed E-state index contributed by atoms with van der Waals surface area (Å²) in [5.41, 5.74) is 2.78. The summed E-state index contributed by atoms with van der Waals surface area (Å²) in [6.07, 6.45) is -0.879. The van der Waals surface area contributed by atoms with E-state index in [4.69, 9.17) is 9.15 Å². The molecule has 2 amide bonds. The maximum Gasteiger partial charge on any atom is 0.407 e. The van der Waals surface area contributed by atoms with Crippen molar-refractivity contribution in [2.45, 2.75) is 58.8 Å². The molecule has 1 aliphatic rings. The molecule has 3 aromatic rings. The number of oxazole rings is 1. The van der Waals surface area contributed by atoms with Gasteiger partial charge in [0.15, 0.2) is 5.58 Å². The third-order valence-electron chi connectivity index (χ3n) is 6.76. The number of rotatable bonds is 6. The minimum atomic E-state index is -0.933. The molecule has 4 rings (SSSR count). The Kier molecular flexibility index (Phi) is 7.71. The van der Waals surface area contributed by atoms with Crippen LogP contribution in [-0.4, -0.2) is 57.4 Å². The number of piperidine rings is 1. The van der Waals surface area contributed by atoms with Crippen LogP contribution in [0, 0.1) is 16.7 Å². The molecule has 1 aliphatic heterocycles. The number of benzene rings is 2. The van der Waals surface area contributed by atoms with Crippen molar-refractivity contribution >= 4 is 28.8 Å². The topological polar surface area (TPSA) is 149 Å². The van der Waals surface area contributed by atoms with Crippen molar-refractivity contribution in [3.05, 3.63) is 47.5 Å². The summed E-state index contributed by atoms with van der Waals surface area (Å²) in [7, 11) is 0. The van der Waals surface area contributed by atoms with E-state index in [0.29, 0.717) is 58.8 Å². The van der Waals surface area contributed by atoms with Crippen molar-refractivity contribution in [1.82, 2.24) is 9.88 Å². The Hall–Kier alpha value is -3.94. The van der Waals surface area contributed by atoms with Gasteiger partial charge in [-0.05, 0) is 61.6 Å². The zero-order chi connectivity index (χ0) is 27.6. The highest BCUT2D eigenvalue weighted by Crippen LogP contribution is 2.34. The van der Waals surface area contributed by atoms with Crippen LogP contribution in [0.5, 0.6) is 0 Å². The molecule has 200 valence electrons. The van der Waals surface area contributed by atoms with E-state index in [-0.39, 0.29) is 30.1 Å². The summed E-state index contributed by atoms with van der Waals surface area (Å²) in [6, 6.07) is 12.0. The van der Waals surface area contributed by atoms with E-state index >= 15 is 0 Å². The Morgan fingerprint density at radius 2 is 2.00 bits per heavy atom. The first kappa shape index (κ1) is 27.1. The quantitative estimate of drug-likeness (QED) is 0.414. The molecule has 0 saturated carbocycles. The van der Waals surface area contributed by atoms with E-state index in [1.165, 1.54) is 4.90 Å². The predicted octanol–water partition coefficient (Wildman–Crippen LogP) is 4.93. The minimum absolute atomic E-state index is 0.134. The Bertz CT molecular complexity index is 1370. The first-order valence-corrected chi connectivity index (χ1v) is 12.5. The van der Waals surface area contributed by atoms with Crippen molar-refractivity contribution in [2.75, 3.05) is 18.5 Å². The number of carbonyl (C=O) groups is 2. The van der Waals surface area contributed by atoms with Gasteiger partial charge in [-0.3, -0.25) is 4.79 Å². The summed E-state index contributed by atoms with van der Waals surface area (Å²) < 4.78 is 11.7. The molecule has 38 heavy (non-hydrogen) atoms. The number of carbonyl (C=O) groups excluding carboxylic acids is 1. The van der Waals surface area contributed by atoms with Crippen LogP contribution >= 0.6 is 0 Å². The fourth-order valence-electron chi connectivity index (χ4n) is 4.78. The number of ether oxygens (including phenoxy) is 1. The molecular formula is C28H32N4O6. The molecule has 2 aromatic carbocycles. The normalized spacial score (nSPS) is 18.7. The molecule has 10 heteroatoms. The van der Waals surface area contributed by atoms with Crippen molar-refractivity contribution < 1.29 is 29.0 Å². The number of nitrogens with zero attached hydrogens (tertiary/aromatic N) is 3. The summed E-state index contributed by atoms with van der Waals surface area (Å²) in [4.78, 5) is 30.1. The summed E-state index contributed by atoms with van der Waals surface area (Å²) in [6.45, 7) is 7.85. The molecule has 0 aliphatic carbocycles. The van der Waals surface area contributed by atoms with E-state index in [1.54, 1.807) is 43.3 Å². The third-order valence-corrected chi connectivity index (χ3v) is 6.76. The second-order valence-corrected chi connectivity index (χ2v) is 10.7. The SMILES string of the molecule is CC(O)c1cc(C#N)cc2nc(-c3ccc(NC(=O)COC4CCN(C(=O)O)C(C(C)(C)C)C4)cc3)oc12. The highest BCUT2D eigenvalue weighted by Gasteiger charge is 2.39. The Morgan fingerprint density at radius 1 is 1.29 bits per heavy atom. The van der Waals surface area contributed by atoms with Gasteiger partial charge in [-0.15, -0.1) is 0 Å². The van der Waals surface area contributed by atoms with Crippen LogP contribution in [0.25, 0.3) is 22.6 Å². The minimum Gasteiger partial charge on any atom is -0.465 e. The molecule has 3 unspecified atom stereocenters. The lowest BCUT2D eigenvalue weighted by atomic mass is 9.80.